The number of anilines is 1. The first kappa shape index (κ1) is 25.2. The number of nitro benzene ring substituents is 1. The molecule has 0 unspecified atom stereocenters. The van der Waals surface area contributed by atoms with Gasteiger partial charge in [0, 0.05) is 17.7 Å². The van der Waals surface area contributed by atoms with E-state index in [9.17, 15) is 23.3 Å². The number of hydrogen-bond acceptors (Lipinski definition) is 8. The number of para-hydroxylation sites is 2. The van der Waals surface area contributed by atoms with Gasteiger partial charge in [-0.15, -0.1) is 0 Å². The van der Waals surface area contributed by atoms with Gasteiger partial charge >= 0.3 is 0 Å². The van der Waals surface area contributed by atoms with Crippen LogP contribution in [0.2, 0.25) is 0 Å². The Bertz CT molecular complexity index is 1340. The van der Waals surface area contributed by atoms with Crippen molar-refractivity contribution in [2.75, 3.05) is 25.1 Å². The minimum Gasteiger partial charge on any atom is -0.497 e. The number of methoxy groups -OCH3 is 2. The molecule has 1 N–H and O–H groups in total. The topological polar surface area (TPSA) is 140 Å². The third kappa shape index (κ3) is 5.92. The molecular weight excluding hydrogens is 476 g/mol. The first-order chi connectivity index (χ1) is 16.8. The number of nitrogens with one attached hydrogen (secondary N) is 1. The van der Waals surface area contributed by atoms with E-state index in [2.05, 4.69) is 10.5 Å². The van der Waals surface area contributed by atoms with Crippen LogP contribution in [0, 0.1) is 10.1 Å². The SMILES string of the molecule is COc1ccc(/C=N/NC(=O)CN(c2ccccc2)S(=O)(=O)c2ccccc2[N+](=O)[O-])c(OC)c1. The average molecular weight is 499 g/mol. The molecule has 35 heavy (non-hydrogen) atoms. The molecule has 0 aliphatic rings. The first-order valence-electron chi connectivity index (χ1n) is 10.1. The molecule has 0 spiro atoms. The van der Waals surface area contributed by atoms with Gasteiger partial charge in [0.2, 0.25) is 0 Å². The van der Waals surface area contributed by atoms with E-state index in [-0.39, 0.29) is 5.69 Å². The van der Waals surface area contributed by atoms with E-state index in [0.717, 1.165) is 16.4 Å². The molecule has 0 aromatic heterocycles. The number of carbonyl (C=O) groups is 1. The molecule has 0 heterocycles. The normalized spacial score (nSPS) is 11.1. The number of amides is 1. The zero-order valence-electron chi connectivity index (χ0n) is 18.8. The van der Waals surface area contributed by atoms with Gasteiger partial charge in [-0.25, -0.2) is 13.8 Å². The third-order valence-electron chi connectivity index (χ3n) is 4.79. The summed E-state index contributed by atoms with van der Waals surface area (Å²) in [5.74, 6) is 0.258. The van der Waals surface area contributed by atoms with E-state index in [1.165, 1.54) is 44.7 Å². The van der Waals surface area contributed by atoms with Crippen LogP contribution in [0.15, 0.2) is 82.8 Å². The van der Waals surface area contributed by atoms with Gasteiger partial charge in [-0.2, -0.15) is 5.10 Å². The average Bonchev–Trinajstić information content (AvgIpc) is 2.87. The minimum atomic E-state index is -4.48. The summed E-state index contributed by atoms with van der Waals surface area (Å²) >= 11 is 0. The highest BCUT2D eigenvalue weighted by molar-refractivity contribution is 7.93. The van der Waals surface area contributed by atoms with Crippen molar-refractivity contribution in [3.63, 3.8) is 0 Å². The van der Waals surface area contributed by atoms with Crippen molar-refractivity contribution < 1.29 is 27.6 Å². The van der Waals surface area contributed by atoms with Gasteiger partial charge in [-0.1, -0.05) is 30.3 Å². The lowest BCUT2D eigenvalue weighted by Gasteiger charge is -2.23. The highest BCUT2D eigenvalue weighted by Gasteiger charge is 2.33. The Hall–Kier alpha value is -4.45. The summed E-state index contributed by atoms with van der Waals surface area (Å²) < 4.78 is 38.0. The number of benzene rings is 3. The zero-order chi connectivity index (χ0) is 25.4. The van der Waals surface area contributed by atoms with E-state index in [4.69, 9.17) is 9.47 Å². The van der Waals surface area contributed by atoms with Crippen molar-refractivity contribution in [1.82, 2.24) is 5.43 Å². The Labute approximate surface area is 201 Å². The molecule has 3 aromatic rings. The number of hydrogen-bond donors (Lipinski definition) is 1. The van der Waals surface area contributed by atoms with Crippen molar-refractivity contribution >= 4 is 33.5 Å². The van der Waals surface area contributed by atoms with Crippen LogP contribution in [0.1, 0.15) is 5.56 Å². The predicted molar refractivity (Wildman–Crippen MR) is 129 cm³/mol. The summed E-state index contributed by atoms with van der Waals surface area (Å²) in [6.45, 7) is -0.671. The molecule has 1 amide bonds. The second-order valence-corrected chi connectivity index (χ2v) is 8.80. The molecule has 0 aliphatic heterocycles. The van der Waals surface area contributed by atoms with Crippen molar-refractivity contribution in [1.29, 1.82) is 0 Å². The minimum absolute atomic E-state index is 0.154. The fraction of sp³-hybridized carbons (Fsp3) is 0.130. The fourth-order valence-electron chi connectivity index (χ4n) is 3.12. The highest BCUT2D eigenvalue weighted by Crippen LogP contribution is 2.29. The van der Waals surface area contributed by atoms with Crippen LogP contribution in [-0.2, 0) is 14.8 Å². The van der Waals surface area contributed by atoms with Gasteiger partial charge in [-0.05, 0) is 30.3 Å². The Morgan fingerprint density at radius 1 is 1.06 bits per heavy atom. The summed E-state index contributed by atoms with van der Waals surface area (Å²) in [6, 6.07) is 17.7. The van der Waals surface area contributed by atoms with Gasteiger partial charge in [0.25, 0.3) is 21.6 Å². The molecule has 0 saturated heterocycles. The molecule has 0 aliphatic carbocycles. The molecule has 3 rings (SSSR count). The van der Waals surface area contributed by atoms with Crippen LogP contribution in [0.3, 0.4) is 0 Å². The first-order valence-corrected chi connectivity index (χ1v) is 11.6. The van der Waals surface area contributed by atoms with Gasteiger partial charge in [0.05, 0.1) is 31.0 Å². The molecule has 12 heteroatoms. The van der Waals surface area contributed by atoms with Gasteiger partial charge in [0.15, 0.2) is 4.90 Å². The number of carbonyl (C=O) groups excluding carboxylic acids is 1. The quantitative estimate of drug-likeness (QED) is 0.257. The largest absolute Gasteiger partial charge is 0.497 e. The predicted octanol–water partition coefficient (Wildman–Crippen LogP) is 2.96. The Balaban J connectivity index is 1.87. The summed E-state index contributed by atoms with van der Waals surface area (Å²) in [7, 11) is -1.49. The number of sulfonamides is 1. The van der Waals surface area contributed by atoms with E-state index in [1.807, 2.05) is 0 Å². The van der Waals surface area contributed by atoms with Crippen molar-refractivity contribution in [2.24, 2.45) is 5.10 Å². The van der Waals surface area contributed by atoms with Crippen LogP contribution in [-0.4, -0.2) is 46.2 Å². The second-order valence-electron chi connectivity index (χ2n) is 6.97. The standard InChI is InChI=1S/C23H22N4O7S/c1-33-19-13-12-17(21(14-19)34-2)15-24-25-23(28)16-26(18-8-4-3-5-9-18)35(31,32)22-11-7-6-10-20(22)27(29)30/h3-15H,16H2,1-2H3,(H,25,28)/b24-15+. The maximum atomic E-state index is 13.4. The molecule has 0 atom stereocenters. The lowest BCUT2D eigenvalue weighted by atomic mass is 10.2. The van der Waals surface area contributed by atoms with Crippen molar-refractivity contribution in [2.45, 2.75) is 4.90 Å². The molecule has 0 saturated carbocycles. The number of ether oxygens (including phenoxy) is 2. The number of nitrogens with zero attached hydrogens (tertiary/aromatic N) is 3. The van der Waals surface area contributed by atoms with Gasteiger partial charge in [0.1, 0.15) is 18.0 Å². The van der Waals surface area contributed by atoms with Crippen molar-refractivity contribution in [3.05, 3.63) is 88.5 Å². The van der Waals surface area contributed by atoms with Gasteiger partial charge < -0.3 is 9.47 Å². The molecule has 182 valence electrons. The fourth-order valence-corrected chi connectivity index (χ4v) is 4.70. The molecule has 3 aromatic carbocycles. The molecule has 0 fully saturated rings. The second kappa shape index (κ2) is 11.1. The monoisotopic (exact) mass is 498 g/mol. The molecule has 0 radical (unpaired) electrons. The maximum Gasteiger partial charge on any atom is 0.289 e. The molecule has 11 nitrogen and oxygen atoms in total. The van der Waals surface area contributed by atoms with Crippen LogP contribution in [0.4, 0.5) is 11.4 Å². The van der Waals surface area contributed by atoms with Crippen LogP contribution in [0.25, 0.3) is 0 Å². The number of nitro groups is 1. The van der Waals surface area contributed by atoms with E-state index >= 15 is 0 Å². The van der Waals surface area contributed by atoms with E-state index in [0.29, 0.717) is 17.1 Å². The summed E-state index contributed by atoms with van der Waals surface area (Å²) in [6.07, 6.45) is 1.33. The van der Waals surface area contributed by atoms with Crippen LogP contribution < -0.4 is 19.2 Å². The highest BCUT2D eigenvalue weighted by atomic mass is 32.2. The molecule has 0 bridgehead atoms. The van der Waals surface area contributed by atoms with Crippen LogP contribution in [0.5, 0.6) is 11.5 Å². The van der Waals surface area contributed by atoms with Crippen molar-refractivity contribution in [3.8, 4) is 11.5 Å². The lowest BCUT2D eigenvalue weighted by molar-refractivity contribution is -0.387. The number of hydrazone groups is 1. The van der Waals surface area contributed by atoms with E-state index < -0.39 is 38.0 Å². The lowest BCUT2D eigenvalue weighted by Crippen LogP contribution is -2.39. The zero-order valence-corrected chi connectivity index (χ0v) is 19.6. The number of rotatable bonds is 10. The Kier molecular flexibility index (Phi) is 8.00. The summed E-state index contributed by atoms with van der Waals surface area (Å²) in [4.78, 5) is 22.8. The van der Waals surface area contributed by atoms with Crippen LogP contribution >= 0.6 is 0 Å². The third-order valence-corrected chi connectivity index (χ3v) is 6.62. The molecular formula is C23H22N4O7S. The smallest absolute Gasteiger partial charge is 0.289 e. The van der Waals surface area contributed by atoms with Gasteiger partial charge in [-0.3, -0.25) is 19.2 Å². The maximum absolute atomic E-state index is 13.4. The Morgan fingerprint density at radius 3 is 2.40 bits per heavy atom. The summed E-state index contributed by atoms with van der Waals surface area (Å²) in [5, 5.41) is 15.3. The summed E-state index contributed by atoms with van der Waals surface area (Å²) in [5.41, 5.74) is 2.37. The Morgan fingerprint density at radius 2 is 1.74 bits per heavy atom. The van der Waals surface area contributed by atoms with E-state index in [1.54, 1.807) is 36.4 Å².